The predicted octanol–water partition coefficient (Wildman–Crippen LogP) is 2.66. The number of rotatable bonds is 6. The van der Waals surface area contributed by atoms with Crippen molar-refractivity contribution in [3.05, 3.63) is 23.8 Å². The summed E-state index contributed by atoms with van der Waals surface area (Å²) in [6.07, 6.45) is 1.16. The molecule has 0 aromatic heterocycles. The average molecular weight is 225 g/mol. The van der Waals surface area contributed by atoms with Crippen molar-refractivity contribution in [2.45, 2.75) is 25.2 Å². The van der Waals surface area contributed by atoms with Crippen molar-refractivity contribution in [3.63, 3.8) is 0 Å². The van der Waals surface area contributed by atoms with Crippen LogP contribution in [0.3, 0.4) is 0 Å². The van der Waals surface area contributed by atoms with Crippen LogP contribution in [0.1, 0.15) is 18.9 Å². The van der Waals surface area contributed by atoms with Crippen LogP contribution in [0.5, 0.6) is 5.75 Å². The van der Waals surface area contributed by atoms with E-state index in [1.165, 1.54) is 5.56 Å². The Morgan fingerprint density at radius 1 is 1.27 bits per heavy atom. The van der Waals surface area contributed by atoms with Crippen LogP contribution in [0.15, 0.2) is 23.1 Å². The van der Waals surface area contributed by atoms with Gasteiger partial charge in [-0.2, -0.15) is 0 Å². The third-order valence-electron chi connectivity index (χ3n) is 2.01. The third kappa shape index (κ3) is 5.09. The predicted molar refractivity (Wildman–Crippen MR) is 67.1 cm³/mol. The molecule has 2 nitrogen and oxygen atoms in total. The second-order valence-corrected chi connectivity index (χ2v) is 4.12. The van der Waals surface area contributed by atoms with Crippen LogP contribution in [0, 0.1) is 6.92 Å². The molecule has 0 amide bonds. The van der Waals surface area contributed by atoms with Gasteiger partial charge >= 0.3 is 0 Å². The van der Waals surface area contributed by atoms with Crippen molar-refractivity contribution < 1.29 is 4.74 Å². The summed E-state index contributed by atoms with van der Waals surface area (Å²) in [4.78, 5) is 0.950. The van der Waals surface area contributed by atoms with Crippen molar-refractivity contribution >= 4 is 12.6 Å². The van der Waals surface area contributed by atoms with E-state index in [1.54, 1.807) is 0 Å². The molecule has 0 aliphatic carbocycles. The summed E-state index contributed by atoms with van der Waals surface area (Å²) in [7, 11) is 0. The van der Waals surface area contributed by atoms with Gasteiger partial charge in [-0.1, -0.05) is 6.92 Å². The standard InChI is InChI=1S/C12H19NOS/c1-3-4-13-5-6-14-11-7-10(2)8-12(15)9-11/h7-9,13,15H,3-6H2,1-2H3. The Bertz CT molecular complexity index is 281. The molecule has 0 bridgehead atoms. The molecule has 0 aliphatic rings. The Balaban J connectivity index is 2.31. The van der Waals surface area contributed by atoms with Gasteiger partial charge in [0, 0.05) is 11.4 Å². The van der Waals surface area contributed by atoms with Crippen molar-refractivity contribution in [1.29, 1.82) is 0 Å². The molecule has 1 N–H and O–H groups in total. The summed E-state index contributed by atoms with van der Waals surface area (Å²) in [5.41, 5.74) is 1.18. The first-order valence-electron chi connectivity index (χ1n) is 5.36. The molecule has 3 heteroatoms. The molecule has 0 aliphatic heterocycles. The molecule has 0 heterocycles. The smallest absolute Gasteiger partial charge is 0.120 e. The molecule has 0 radical (unpaired) electrons. The second-order valence-electron chi connectivity index (χ2n) is 3.60. The minimum absolute atomic E-state index is 0.705. The van der Waals surface area contributed by atoms with Gasteiger partial charge in [-0.15, -0.1) is 12.6 Å². The molecule has 1 rings (SSSR count). The van der Waals surface area contributed by atoms with Crippen LogP contribution in [-0.4, -0.2) is 19.7 Å². The Kier molecular flexibility index (Phi) is 5.58. The van der Waals surface area contributed by atoms with Gasteiger partial charge in [0.15, 0.2) is 0 Å². The van der Waals surface area contributed by atoms with E-state index >= 15 is 0 Å². The Morgan fingerprint density at radius 3 is 2.73 bits per heavy atom. The first-order chi connectivity index (χ1) is 7.22. The molecule has 1 aromatic rings. The summed E-state index contributed by atoms with van der Waals surface area (Å²) in [6.45, 7) is 6.85. The molecule has 0 atom stereocenters. The number of nitrogens with one attached hydrogen (secondary N) is 1. The van der Waals surface area contributed by atoms with Crippen LogP contribution >= 0.6 is 12.6 Å². The molecule has 0 unspecified atom stereocenters. The molecule has 0 saturated heterocycles. The normalized spacial score (nSPS) is 10.3. The third-order valence-corrected chi connectivity index (χ3v) is 2.27. The van der Waals surface area contributed by atoms with Crippen molar-refractivity contribution in [2.75, 3.05) is 19.7 Å². The van der Waals surface area contributed by atoms with Gasteiger partial charge in [-0.05, 0) is 43.7 Å². The van der Waals surface area contributed by atoms with E-state index in [0.717, 1.165) is 30.2 Å². The average Bonchev–Trinajstić information content (AvgIpc) is 2.16. The van der Waals surface area contributed by atoms with E-state index < -0.39 is 0 Å². The van der Waals surface area contributed by atoms with E-state index in [4.69, 9.17) is 4.74 Å². The number of thiol groups is 1. The summed E-state index contributed by atoms with van der Waals surface area (Å²) >= 11 is 4.31. The molecule has 0 spiro atoms. The van der Waals surface area contributed by atoms with Crippen molar-refractivity contribution in [1.82, 2.24) is 5.32 Å². The number of aryl methyl sites for hydroxylation is 1. The first kappa shape index (κ1) is 12.4. The number of ether oxygens (including phenoxy) is 1. The molecular weight excluding hydrogens is 206 g/mol. The van der Waals surface area contributed by atoms with Crippen LogP contribution in [0.2, 0.25) is 0 Å². The first-order valence-corrected chi connectivity index (χ1v) is 5.81. The monoisotopic (exact) mass is 225 g/mol. The fourth-order valence-electron chi connectivity index (χ4n) is 1.35. The molecule has 1 aromatic carbocycles. The lowest BCUT2D eigenvalue weighted by molar-refractivity contribution is 0.313. The number of benzene rings is 1. The van der Waals surface area contributed by atoms with Gasteiger partial charge in [-0.25, -0.2) is 0 Å². The summed E-state index contributed by atoms with van der Waals surface area (Å²) in [6, 6.07) is 5.99. The highest BCUT2D eigenvalue weighted by atomic mass is 32.1. The van der Waals surface area contributed by atoms with Gasteiger partial charge in [0.1, 0.15) is 12.4 Å². The summed E-state index contributed by atoms with van der Waals surface area (Å²) < 4.78 is 5.60. The Hall–Kier alpha value is -0.670. The van der Waals surface area contributed by atoms with Gasteiger partial charge in [-0.3, -0.25) is 0 Å². The largest absolute Gasteiger partial charge is 0.492 e. The minimum atomic E-state index is 0.705. The SMILES string of the molecule is CCCNCCOc1cc(C)cc(S)c1. The molecule has 0 fully saturated rings. The number of hydrogen-bond acceptors (Lipinski definition) is 3. The lowest BCUT2D eigenvalue weighted by Crippen LogP contribution is -2.21. The van der Waals surface area contributed by atoms with E-state index in [0.29, 0.717) is 6.61 Å². The van der Waals surface area contributed by atoms with Crippen LogP contribution < -0.4 is 10.1 Å². The number of hydrogen-bond donors (Lipinski definition) is 2. The molecule has 15 heavy (non-hydrogen) atoms. The van der Waals surface area contributed by atoms with Gasteiger partial charge in [0.25, 0.3) is 0 Å². The Morgan fingerprint density at radius 2 is 2.07 bits per heavy atom. The fourth-order valence-corrected chi connectivity index (χ4v) is 1.69. The quantitative estimate of drug-likeness (QED) is 0.574. The zero-order chi connectivity index (χ0) is 11.1. The Labute approximate surface area is 97.4 Å². The highest BCUT2D eigenvalue weighted by Crippen LogP contribution is 2.18. The van der Waals surface area contributed by atoms with Crippen LogP contribution in [0.25, 0.3) is 0 Å². The lowest BCUT2D eigenvalue weighted by atomic mass is 10.2. The zero-order valence-electron chi connectivity index (χ0n) is 9.42. The van der Waals surface area contributed by atoms with Crippen LogP contribution in [-0.2, 0) is 0 Å². The summed E-state index contributed by atoms with van der Waals surface area (Å²) in [5, 5.41) is 3.29. The van der Waals surface area contributed by atoms with Crippen LogP contribution in [0.4, 0.5) is 0 Å². The minimum Gasteiger partial charge on any atom is -0.492 e. The molecular formula is C12H19NOS. The highest BCUT2D eigenvalue weighted by molar-refractivity contribution is 7.80. The maximum atomic E-state index is 5.60. The van der Waals surface area contributed by atoms with E-state index in [-0.39, 0.29) is 0 Å². The van der Waals surface area contributed by atoms with Gasteiger partial charge < -0.3 is 10.1 Å². The fraction of sp³-hybridized carbons (Fsp3) is 0.500. The lowest BCUT2D eigenvalue weighted by Gasteiger charge is -2.08. The molecule has 0 saturated carbocycles. The second kappa shape index (κ2) is 6.75. The van der Waals surface area contributed by atoms with Crippen molar-refractivity contribution in [3.8, 4) is 5.75 Å². The maximum Gasteiger partial charge on any atom is 0.120 e. The zero-order valence-corrected chi connectivity index (χ0v) is 10.3. The van der Waals surface area contributed by atoms with E-state index in [1.807, 2.05) is 25.1 Å². The topological polar surface area (TPSA) is 21.3 Å². The summed E-state index contributed by atoms with van der Waals surface area (Å²) in [5.74, 6) is 0.901. The van der Waals surface area contributed by atoms with E-state index in [2.05, 4.69) is 24.9 Å². The van der Waals surface area contributed by atoms with Gasteiger partial charge in [0.05, 0.1) is 0 Å². The van der Waals surface area contributed by atoms with E-state index in [9.17, 15) is 0 Å². The highest BCUT2D eigenvalue weighted by Gasteiger charge is 1.96. The molecule has 84 valence electrons. The van der Waals surface area contributed by atoms with Gasteiger partial charge in [0.2, 0.25) is 0 Å². The van der Waals surface area contributed by atoms with Crippen molar-refractivity contribution in [2.24, 2.45) is 0 Å². The maximum absolute atomic E-state index is 5.60.